The topological polar surface area (TPSA) is 117 Å². The maximum atomic E-state index is 13.5. The third kappa shape index (κ3) is 4.83. The van der Waals surface area contributed by atoms with Gasteiger partial charge in [-0.3, -0.25) is 9.59 Å². The Morgan fingerprint density at radius 3 is 2.26 bits per heavy atom. The van der Waals surface area contributed by atoms with Crippen molar-refractivity contribution in [1.82, 2.24) is 5.43 Å². The Bertz CT molecular complexity index is 1430. The fraction of sp³-hybridized carbons (Fsp3) is 0. The van der Waals surface area contributed by atoms with Gasteiger partial charge in [-0.1, -0.05) is 30.3 Å². The lowest BCUT2D eigenvalue weighted by atomic mass is 10.0. The van der Waals surface area contributed by atoms with E-state index in [1.165, 1.54) is 24.4 Å². The zero-order chi connectivity index (χ0) is 24.2. The number of phenolic OH excluding ortho intramolecular Hbond substituents is 1. The summed E-state index contributed by atoms with van der Waals surface area (Å²) in [6.45, 7) is 0. The molecule has 0 fully saturated rings. The number of nitrogens with one attached hydrogen (secondary N) is 2. The number of hydrogen-bond donors (Lipinski definition) is 4. The highest BCUT2D eigenvalue weighted by Gasteiger charge is 2.12. The van der Waals surface area contributed by atoms with Gasteiger partial charge in [0.1, 0.15) is 17.4 Å². The van der Waals surface area contributed by atoms with Gasteiger partial charge in [-0.15, -0.1) is 0 Å². The van der Waals surface area contributed by atoms with E-state index in [0.717, 1.165) is 17.5 Å². The molecule has 0 atom stereocenters. The number of nitrogen functional groups attached to an aromatic ring is 1. The van der Waals surface area contributed by atoms with Crippen molar-refractivity contribution in [2.24, 2.45) is 5.10 Å². The lowest BCUT2D eigenvalue weighted by Crippen LogP contribution is -2.17. The molecule has 0 aliphatic heterocycles. The number of phenols is 1. The molecule has 0 heterocycles. The number of hydrazone groups is 1. The van der Waals surface area contributed by atoms with Crippen molar-refractivity contribution in [1.29, 1.82) is 0 Å². The van der Waals surface area contributed by atoms with Crippen molar-refractivity contribution in [3.05, 3.63) is 101 Å². The van der Waals surface area contributed by atoms with Gasteiger partial charge < -0.3 is 16.2 Å². The van der Waals surface area contributed by atoms with Crippen molar-refractivity contribution in [2.45, 2.75) is 0 Å². The largest absolute Gasteiger partial charge is 0.506 e. The number of nitrogens with two attached hydrogens (primary N) is 1. The van der Waals surface area contributed by atoms with E-state index in [1.807, 2.05) is 0 Å². The van der Waals surface area contributed by atoms with Crippen LogP contribution in [0.2, 0.25) is 0 Å². The van der Waals surface area contributed by atoms with Gasteiger partial charge in [0.05, 0.1) is 11.9 Å². The van der Waals surface area contributed by atoms with Crippen LogP contribution in [0.1, 0.15) is 26.3 Å². The number of carbonyl (C=O) groups excluding carboxylic acids is 2. The number of hydrogen-bond acceptors (Lipinski definition) is 5. The van der Waals surface area contributed by atoms with Gasteiger partial charge >= 0.3 is 0 Å². The molecule has 7 nitrogen and oxygen atoms in total. The number of carbonyl (C=O) groups is 2. The van der Waals surface area contributed by atoms with Crippen molar-refractivity contribution >= 4 is 40.2 Å². The average Bonchev–Trinajstić information content (AvgIpc) is 2.81. The van der Waals surface area contributed by atoms with E-state index in [9.17, 15) is 23.5 Å². The van der Waals surface area contributed by atoms with E-state index in [1.54, 1.807) is 36.4 Å². The minimum atomic E-state index is -0.849. The first kappa shape index (κ1) is 22.4. The second-order valence-electron chi connectivity index (χ2n) is 7.33. The lowest BCUT2D eigenvalue weighted by molar-refractivity contribution is 0.0954. The van der Waals surface area contributed by atoms with E-state index in [0.29, 0.717) is 22.7 Å². The van der Waals surface area contributed by atoms with Crippen LogP contribution in [0, 0.1) is 11.6 Å². The van der Waals surface area contributed by atoms with Crippen LogP contribution >= 0.6 is 0 Å². The first-order valence-electron chi connectivity index (χ1n) is 10.0. The van der Waals surface area contributed by atoms with Gasteiger partial charge in [-0.05, 0) is 41.8 Å². The molecule has 0 aromatic heterocycles. The van der Waals surface area contributed by atoms with Crippen LogP contribution in [0.15, 0.2) is 77.9 Å². The fourth-order valence-electron chi connectivity index (χ4n) is 3.34. The summed E-state index contributed by atoms with van der Waals surface area (Å²) in [5.41, 5.74) is 9.23. The third-order valence-electron chi connectivity index (χ3n) is 4.99. The number of fused-ring (bicyclic) bond motifs is 1. The Kier molecular flexibility index (Phi) is 6.18. The Morgan fingerprint density at radius 1 is 0.853 bits per heavy atom. The molecule has 170 valence electrons. The standard InChI is InChI=1S/C25H18F2N4O3/c26-17-9-16(10-18(27)12-17)24(33)30-22-7-5-15(19-3-1-2-4-20(19)22)13-29-31-25(34)14-6-8-23(32)21(28)11-14/h1-13,32H,28H2,(H,30,33)(H,31,34)/b29-13+. The summed E-state index contributed by atoms with van der Waals surface area (Å²) >= 11 is 0. The number of rotatable bonds is 5. The fourth-order valence-corrected chi connectivity index (χ4v) is 3.34. The first-order valence-corrected chi connectivity index (χ1v) is 10.0. The van der Waals surface area contributed by atoms with Crippen LogP contribution in [-0.4, -0.2) is 23.1 Å². The highest BCUT2D eigenvalue weighted by molar-refractivity contribution is 6.12. The van der Waals surface area contributed by atoms with E-state index in [4.69, 9.17) is 5.73 Å². The summed E-state index contributed by atoms with van der Waals surface area (Å²) in [4.78, 5) is 24.8. The lowest BCUT2D eigenvalue weighted by Gasteiger charge is -2.11. The molecule has 0 radical (unpaired) electrons. The Balaban J connectivity index is 1.56. The molecule has 4 aromatic carbocycles. The summed E-state index contributed by atoms with van der Waals surface area (Å²) in [6.07, 6.45) is 1.44. The number of benzene rings is 4. The van der Waals surface area contributed by atoms with Crippen LogP contribution in [-0.2, 0) is 0 Å². The SMILES string of the molecule is Nc1cc(C(=O)N/N=C/c2ccc(NC(=O)c3cc(F)cc(F)c3)c3ccccc23)ccc1O. The molecule has 0 bridgehead atoms. The number of anilines is 2. The monoisotopic (exact) mass is 460 g/mol. The summed E-state index contributed by atoms with van der Waals surface area (Å²) in [5.74, 6) is -3.00. The van der Waals surface area contributed by atoms with Gasteiger partial charge in [-0.2, -0.15) is 5.10 Å². The smallest absolute Gasteiger partial charge is 0.271 e. The molecule has 0 saturated carbocycles. The van der Waals surface area contributed by atoms with E-state index >= 15 is 0 Å². The molecule has 0 unspecified atom stereocenters. The average molecular weight is 460 g/mol. The second kappa shape index (κ2) is 9.37. The first-order chi connectivity index (χ1) is 16.3. The van der Waals surface area contributed by atoms with Crippen molar-refractivity contribution in [2.75, 3.05) is 11.1 Å². The highest BCUT2D eigenvalue weighted by Crippen LogP contribution is 2.27. The molecule has 5 N–H and O–H groups in total. The van der Waals surface area contributed by atoms with Crippen LogP contribution < -0.4 is 16.5 Å². The number of nitrogens with zero attached hydrogens (tertiary/aromatic N) is 1. The van der Waals surface area contributed by atoms with Gasteiger partial charge in [0.25, 0.3) is 11.8 Å². The van der Waals surface area contributed by atoms with Crippen LogP contribution in [0.5, 0.6) is 5.75 Å². The number of amides is 2. The summed E-state index contributed by atoms with van der Waals surface area (Å²) in [5, 5.41) is 17.5. The Labute approximate surface area is 192 Å². The highest BCUT2D eigenvalue weighted by atomic mass is 19.1. The minimum absolute atomic E-state index is 0.0706. The Morgan fingerprint density at radius 2 is 1.56 bits per heavy atom. The summed E-state index contributed by atoms with van der Waals surface area (Å²) in [7, 11) is 0. The molecular weight excluding hydrogens is 442 g/mol. The normalized spacial score (nSPS) is 11.0. The molecule has 0 saturated heterocycles. The predicted molar refractivity (Wildman–Crippen MR) is 126 cm³/mol. The second-order valence-corrected chi connectivity index (χ2v) is 7.33. The number of aromatic hydroxyl groups is 1. The molecule has 4 aromatic rings. The summed E-state index contributed by atoms with van der Waals surface area (Å²) < 4.78 is 26.9. The quantitative estimate of drug-likeness (QED) is 0.153. The van der Waals surface area contributed by atoms with Crippen LogP contribution in [0.4, 0.5) is 20.2 Å². The number of halogens is 2. The third-order valence-corrected chi connectivity index (χ3v) is 4.99. The minimum Gasteiger partial charge on any atom is -0.506 e. The molecular formula is C25H18F2N4O3. The zero-order valence-electron chi connectivity index (χ0n) is 17.5. The molecule has 0 aliphatic carbocycles. The van der Waals surface area contributed by atoms with Gasteiger partial charge in [-0.25, -0.2) is 14.2 Å². The van der Waals surface area contributed by atoms with E-state index in [2.05, 4.69) is 15.8 Å². The maximum Gasteiger partial charge on any atom is 0.271 e. The van der Waals surface area contributed by atoms with Crippen LogP contribution in [0.3, 0.4) is 0 Å². The van der Waals surface area contributed by atoms with Crippen LogP contribution in [0.25, 0.3) is 10.8 Å². The molecule has 2 amide bonds. The zero-order valence-corrected chi connectivity index (χ0v) is 17.5. The summed E-state index contributed by atoms with van der Waals surface area (Å²) in [6, 6.07) is 17.1. The van der Waals surface area contributed by atoms with Gasteiger partial charge in [0.15, 0.2) is 0 Å². The van der Waals surface area contributed by atoms with Crippen molar-refractivity contribution in [3.8, 4) is 5.75 Å². The van der Waals surface area contributed by atoms with Crippen molar-refractivity contribution in [3.63, 3.8) is 0 Å². The molecule has 34 heavy (non-hydrogen) atoms. The molecule has 0 aliphatic rings. The van der Waals surface area contributed by atoms with E-state index in [-0.39, 0.29) is 22.6 Å². The maximum absolute atomic E-state index is 13.5. The van der Waals surface area contributed by atoms with E-state index < -0.39 is 23.4 Å². The molecule has 0 spiro atoms. The molecule has 9 heteroatoms. The molecule has 4 rings (SSSR count). The predicted octanol–water partition coefficient (Wildman–Crippen LogP) is 4.42. The van der Waals surface area contributed by atoms with Crippen molar-refractivity contribution < 1.29 is 23.5 Å². The Hall–Kier alpha value is -4.79. The van der Waals surface area contributed by atoms with Gasteiger partial charge in [0, 0.05) is 33.8 Å². The van der Waals surface area contributed by atoms with Gasteiger partial charge in [0.2, 0.25) is 0 Å².